The maximum absolute atomic E-state index is 11.7. The van der Waals surface area contributed by atoms with Crippen LogP contribution in [0, 0.1) is 5.92 Å². The Labute approximate surface area is 120 Å². The van der Waals surface area contributed by atoms with Crippen molar-refractivity contribution < 1.29 is 14.3 Å². The topological polar surface area (TPSA) is 47.6 Å². The van der Waals surface area contributed by atoms with Gasteiger partial charge < -0.3 is 14.8 Å². The largest absolute Gasteiger partial charge is 0.493 e. The van der Waals surface area contributed by atoms with Crippen LogP contribution in [0.15, 0.2) is 18.2 Å². The molecule has 0 bridgehead atoms. The van der Waals surface area contributed by atoms with Crippen molar-refractivity contribution in [3.63, 3.8) is 0 Å². The van der Waals surface area contributed by atoms with Crippen LogP contribution in [-0.2, 0) is 10.2 Å². The third-order valence-corrected chi connectivity index (χ3v) is 3.97. The standard InChI is InChI=1S/C16H23NO3/c1-11(2)15(18)17-10-16(7-8-16)12-5-6-13(19-3)14(9-12)20-4/h5-6,9,11H,7-8,10H2,1-4H3,(H,17,18). The molecule has 1 saturated carbocycles. The maximum Gasteiger partial charge on any atom is 0.222 e. The third kappa shape index (κ3) is 2.89. The molecule has 2 rings (SSSR count). The molecule has 0 aromatic heterocycles. The third-order valence-electron chi connectivity index (χ3n) is 3.97. The molecule has 1 aromatic carbocycles. The number of amides is 1. The molecule has 1 aromatic rings. The smallest absolute Gasteiger partial charge is 0.222 e. The first-order chi connectivity index (χ1) is 9.52. The van der Waals surface area contributed by atoms with E-state index in [1.807, 2.05) is 26.0 Å². The van der Waals surface area contributed by atoms with Crippen molar-refractivity contribution in [3.05, 3.63) is 23.8 Å². The van der Waals surface area contributed by atoms with Gasteiger partial charge in [-0.15, -0.1) is 0 Å². The molecule has 0 aliphatic heterocycles. The highest BCUT2D eigenvalue weighted by Crippen LogP contribution is 2.49. The molecule has 0 atom stereocenters. The van der Waals surface area contributed by atoms with Crippen molar-refractivity contribution in [3.8, 4) is 11.5 Å². The monoisotopic (exact) mass is 277 g/mol. The molecule has 20 heavy (non-hydrogen) atoms. The fraction of sp³-hybridized carbons (Fsp3) is 0.562. The van der Waals surface area contributed by atoms with Crippen LogP contribution in [0.2, 0.25) is 0 Å². The van der Waals surface area contributed by atoms with E-state index >= 15 is 0 Å². The molecular weight excluding hydrogens is 254 g/mol. The Hall–Kier alpha value is -1.71. The molecule has 1 fully saturated rings. The Balaban J connectivity index is 2.12. The van der Waals surface area contributed by atoms with E-state index in [0.717, 1.165) is 24.3 Å². The van der Waals surface area contributed by atoms with E-state index in [-0.39, 0.29) is 17.2 Å². The molecule has 4 nitrogen and oxygen atoms in total. The number of rotatable bonds is 6. The number of hydrogen-bond donors (Lipinski definition) is 1. The average Bonchev–Trinajstić information content (AvgIpc) is 3.25. The predicted molar refractivity (Wildman–Crippen MR) is 78.3 cm³/mol. The van der Waals surface area contributed by atoms with Crippen LogP contribution in [0.25, 0.3) is 0 Å². The minimum absolute atomic E-state index is 0.0243. The first-order valence-corrected chi connectivity index (χ1v) is 7.02. The number of carbonyl (C=O) groups excluding carboxylic acids is 1. The molecule has 0 saturated heterocycles. The minimum atomic E-state index is 0.0243. The number of benzene rings is 1. The van der Waals surface area contributed by atoms with E-state index in [2.05, 4.69) is 11.4 Å². The summed E-state index contributed by atoms with van der Waals surface area (Å²) in [6.45, 7) is 4.51. The van der Waals surface area contributed by atoms with Crippen molar-refractivity contribution in [2.24, 2.45) is 5.92 Å². The van der Waals surface area contributed by atoms with Gasteiger partial charge in [-0.3, -0.25) is 4.79 Å². The van der Waals surface area contributed by atoms with Crippen LogP contribution in [0.3, 0.4) is 0 Å². The van der Waals surface area contributed by atoms with Gasteiger partial charge in [0.2, 0.25) is 5.91 Å². The van der Waals surface area contributed by atoms with Crippen LogP contribution in [0.5, 0.6) is 11.5 Å². The van der Waals surface area contributed by atoms with Gasteiger partial charge in [0.25, 0.3) is 0 Å². The molecule has 1 amide bonds. The van der Waals surface area contributed by atoms with Crippen LogP contribution in [-0.4, -0.2) is 26.7 Å². The van der Waals surface area contributed by atoms with Gasteiger partial charge in [-0.05, 0) is 30.5 Å². The molecule has 4 heteroatoms. The van der Waals surface area contributed by atoms with Crippen molar-refractivity contribution >= 4 is 5.91 Å². The lowest BCUT2D eigenvalue weighted by Crippen LogP contribution is -2.34. The second-order valence-electron chi connectivity index (χ2n) is 5.72. The Kier molecular flexibility index (Phi) is 4.21. The fourth-order valence-corrected chi connectivity index (χ4v) is 2.34. The lowest BCUT2D eigenvalue weighted by atomic mass is 9.95. The summed E-state index contributed by atoms with van der Waals surface area (Å²) in [5.74, 6) is 1.61. The summed E-state index contributed by atoms with van der Waals surface area (Å²) in [6, 6.07) is 6.02. The van der Waals surface area contributed by atoms with Gasteiger partial charge in [0.1, 0.15) is 0 Å². The molecule has 1 N–H and O–H groups in total. The summed E-state index contributed by atoms with van der Waals surface area (Å²) in [5, 5.41) is 3.04. The number of nitrogens with one attached hydrogen (secondary N) is 1. The summed E-state index contributed by atoms with van der Waals surface area (Å²) in [5.41, 5.74) is 1.28. The first kappa shape index (κ1) is 14.7. The van der Waals surface area contributed by atoms with Crippen molar-refractivity contribution in [2.75, 3.05) is 20.8 Å². The molecule has 0 unspecified atom stereocenters. The number of ether oxygens (including phenoxy) is 2. The summed E-state index contributed by atoms with van der Waals surface area (Å²) < 4.78 is 10.6. The lowest BCUT2D eigenvalue weighted by molar-refractivity contribution is -0.124. The minimum Gasteiger partial charge on any atom is -0.493 e. The lowest BCUT2D eigenvalue weighted by Gasteiger charge is -2.19. The van der Waals surface area contributed by atoms with Gasteiger partial charge in [-0.1, -0.05) is 19.9 Å². The Morgan fingerprint density at radius 3 is 2.40 bits per heavy atom. The zero-order chi connectivity index (χ0) is 14.8. The van der Waals surface area contributed by atoms with Crippen molar-refractivity contribution in [1.29, 1.82) is 0 Å². The summed E-state index contributed by atoms with van der Waals surface area (Å²) in [4.78, 5) is 11.7. The van der Waals surface area contributed by atoms with Gasteiger partial charge in [0.15, 0.2) is 11.5 Å². The summed E-state index contributed by atoms with van der Waals surface area (Å²) >= 11 is 0. The van der Waals surface area contributed by atoms with E-state index in [9.17, 15) is 4.79 Å². The Morgan fingerprint density at radius 2 is 1.90 bits per heavy atom. The average molecular weight is 277 g/mol. The highest BCUT2D eigenvalue weighted by molar-refractivity contribution is 5.78. The molecule has 110 valence electrons. The number of methoxy groups -OCH3 is 2. The molecule has 0 radical (unpaired) electrons. The molecule has 0 heterocycles. The molecule has 1 aliphatic rings. The van der Waals surface area contributed by atoms with E-state index in [0.29, 0.717) is 6.54 Å². The second kappa shape index (κ2) is 5.73. The predicted octanol–water partition coefficient (Wildman–Crippen LogP) is 2.51. The van der Waals surface area contributed by atoms with Gasteiger partial charge in [0.05, 0.1) is 14.2 Å². The van der Waals surface area contributed by atoms with Gasteiger partial charge in [-0.25, -0.2) is 0 Å². The van der Waals surface area contributed by atoms with Crippen LogP contribution in [0.1, 0.15) is 32.3 Å². The summed E-state index contributed by atoms with van der Waals surface area (Å²) in [6.07, 6.45) is 2.20. The molecular formula is C16H23NO3. The van der Waals surface area contributed by atoms with Crippen LogP contribution < -0.4 is 14.8 Å². The van der Waals surface area contributed by atoms with E-state index < -0.39 is 0 Å². The Morgan fingerprint density at radius 1 is 1.25 bits per heavy atom. The van der Waals surface area contributed by atoms with E-state index in [1.54, 1.807) is 14.2 Å². The zero-order valence-electron chi connectivity index (χ0n) is 12.7. The van der Waals surface area contributed by atoms with E-state index in [1.165, 1.54) is 5.56 Å². The quantitative estimate of drug-likeness (QED) is 0.869. The number of hydrogen-bond acceptors (Lipinski definition) is 3. The number of carbonyl (C=O) groups is 1. The van der Waals surface area contributed by atoms with Gasteiger partial charge >= 0.3 is 0 Å². The van der Waals surface area contributed by atoms with Crippen LogP contribution in [0.4, 0.5) is 0 Å². The Bertz CT molecular complexity index is 492. The second-order valence-corrected chi connectivity index (χ2v) is 5.72. The SMILES string of the molecule is COc1ccc(C2(CNC(=O)C(C)C)CC2)cc1OC. The fourth-order valence-electron chi connectivity index (χ4n) is 2.34. The molecule has 1 aliphatic carbocycles. The normalized spacial score (nSPS) is 15.8. The summed E-state index contributed by atoms with van der Waals surface area (Å²) in [7, 11) is 3.27. The van der Waals surface area contributed by atoms with Gasteiger partial charge in [0, 0.05) is 17.9 Å². The highest BCUT2D eigenvalue weighted by atomic mass is 16.5. The highest BCUT2D eigenvalue weighted by Gasteiger charge is 2.44. The van der Waals surface area contributed by atoms with Gasteiger partial charge in [-0.2, -0.15) is 0 Å². The first-order valence-electron chi connectivity index (χ1n) is 7.02. The molecule has 0 spiro atoms. The van der Waals surface area contributed by atoms with Crippen molar-refractivity contribution in [2.45, 2.75) is 32.1 Å². The zero-order valence-corrected chi connectivity index (χ0v) is 12.7. The maximum atomic E-state index is 11.7. The van der Waals surface area contributed by atoms with Crippen LogP contribution >= 0.6 is 0 Å². The van der Waals surface area contributed by atoms with Crippen molar-refractivity contribution in [1.82, 2.24) is 5.32 Å². The van der Waals surface area contributed by atoms with E-state index in [4.69, 9.17) is 9.47 Å².